The largest absolute Gasteiger partial charge is 0.326 e. The zero-order chi connectivity index (χ0) is 25.1. The molecule has 0 atom stereocenters. The first-order valence-electron chi connectivity index (χ1n) is 10.4. The van der Waals surface area contributed by atoms with Gasteiger partial charge in [0, 0.05) is 45.6 Å². The first-order chi connectivity index (χ1) is 15.1. The van der Waals surface area contributed by atoms with Crippen LogP contribution in [-0.4, -0.2) is 22.6 Å². The van der Waals surface area contributed by atoms with E-state index in [-0.39, 0.29) is 23.1 Å². The van der Waals surface area contributed by atoms with Crippen molar-refractivity contribution >= 4 is 40.5 Å². The van der Waals surface area contributed by atoms with Gasteiger partial charge in [0.25, 0.3) is 11.6 Å². The quantitative estimate of drug-likeness (QED) is 0.426. The van der Waals surface area contributed by atoms with Crippen molar-refractivity contribution in [3.8, 4) is 0 Å². The number of benzene rings is 2. The maximum absolute atomic E-state index is 13.0. The second-order valence-corrected chi connectivity index (χ2v) is 9.92. The van der Waals surface area contributed by atoms with Crippen LogP contribution in [0.15, 0.2) is 36.4 Å². The number of non-ortho nitro benzene ring substituents is 1. The van der Waals surface area contributed by atoms with Crippen molar-refractivity contribution in [1.29, 1.82) is 0 Å². The molecule has 0 spiro atoms. The van der Waals surface area contributed by atoms with Crippen LogP contribution in [0, 0.1) is 27.9 Å². The average Bonchev–Trinajstić information content (AvgIpc) is 2.67. The molecule has 0 unspecified atom stereocenters. The van der Waals surface area contributed by atoms with E-state index in [1.54, 1.807) is 54.5 Å². The Labute approximate surface area is 193 Å². The SMILES string of the molecule is Cc1cc([N+](=O)[O-])ccc1NC(=O)c1cc(NC(=O)C(C)(C)C)cc(NC(=O)C(C)(C)C)c1. The van der Waals surface area contributed by atoms with E-state index in [4.69, 9.17) is 0 Å². The summed E-state index contributed by atoms with van der Waals surface area (Å²) in [6, 6.07) is 8.72. The van der Waals surface area contributed by atoms with E-state index in [0.29, 0.717) is 22.6 Å². The summed E-state index contributed by atoms with van der Waals surface area (Å²) in [4.78, 5) is 48.4. The molecule has 0 bridgehead atoms. The zero-order valence-corrected chi connectivity index (χ0v) is 20.0. The van der Waals surface area contributed by atoms with Gasteiger partial charge in [-0.2, -0.15) is 0 Å². The zero-order valence-electron chi connectivity index (χ0n) is 20.0. The van der Waals surface area contributed by atoms with E-state index in [1.807, 2.05) is 0 Å². The van der Waals surface area contributed by atoms with E-state index in [1.165, 1.54) is 30.3 Å². The van der Waals surface area contributed by atoms with Crippen LogP contribution in [0.4, 0.5) is 22.7 Å². The molecule has 3 N–H and O–H groups in total. The van der Waals surface area contributed by atoms with Gasteiger partial charge in [0.2, 0.25) is 11.8 Å². The van der Waals surface area contributed by atoms with E-state index in [2.05, 4.69) is 16.0 Å². The standard InChI is InChI=1S/C24H30N4O5/c1-14-10-18(28(32)33)8-9-19(14)27-20(29)15-11-16(25-21(30)23(2,3)4)13-17(12-15)26-22(31)24(5,6)7/h8-13H,1-7H3,(H,25,30)(H,26,31)(H,27,29). The minimum Gasteiger partial charge on any atom is -0.326 e. The molecule has 0 radical (unpaired) electrons. The van der Waals surface area contributed by atoms with E-state index in [9.17, 15) is 24.5 Å². The number of hydrogen-bond donors (Lipinski definition) is 3. The number of amides is 3. The number of rotatable bonds is 5. The summed E-state index contributed by atoms with van der Waals surface area (Å²) in [5.41, 5.74) is 0.435. The number of carbonyl (C=O) groups excluding carboxylic acids is 3. The molecule has 9 nitrogen and oxygen atoms in total. The highest BCUT2D eigenvalue weighted by Gasteiger charge is 2.24. The van der Waals surface area contributed by atoms with Gasteiger partial charge in [0.1, 0.15) is 0 Å². The number of nitro groups is 1. The van der Waals surface area contributed by atoms with Crippen LogP contribution in [0.3, 0.4) is 0 Å². The summed E-state index contributed by atoms with van der Waals surface area (Å²) in [5.74, 6) is -0.996. The van der Waals surface area contributed by atoms with Crippen molar-refractivity contribution in [2.45, 2.75) is 48.5 Å². The van der Waals surface area contributed by atoms with Gasteiger partial charge in [-0.15, -0.1) is 0 Å². The molecule has 2 aromatic carbocycles. The maximum atomic E-state index is 13.0. The smallest absolute Gasteiger partial charge is 0.269 e. The molecular formula is C24H30N4O5. The second-order valence-electron chi connectivity index (χ2n) is 9.92. The molecule has 0 aliphatic carbocycles. The third-order valence-electron chi connectivity index (χ3n) is 4.74. The van der Waals surface area contributed by atoms with Crippen molar-refractivity contribution < 1.29 is 19.3 Å². The van der Waals surface area contributed by atoms with Crippen molar-refractivity contribution in [2.75, 3.05) is 16.0 Å². The third kappa shape index (κ3) is 6.86. The monoisotopic (exact) mass is 454 g/mol. The van der Waals surface area contributed by atoms with E-state index >= 15 is 0 Å². The summed E-state index contributed by atoms with van der Waals surface area (Å²) in [5, 5.41) is 19.2. The molecule has 2 aromatic rings. The molecular weight excluding hydrogens is 424 g/mol. The van der Waals surface area contributed by atoms with Crippen LogP contribution in [0.2, 0.25) is 0 Å². The Hall–Kier alpha value is -3.75. The number of anilines is 3. The van der Waals surface area contributed by atoms with Crippen molar-refractivity contribution in [3.05, 3.63) is 57.6 Å². The van der Waals surface area contributed by atoms with Crippen LogP contribution in [0.5, 0.6) is 0 Å². The molecule has 0 aromatic heterocycles. The predicted octanol–water partition coefficient (Wildman–Crippen LogP) is 5.12. The number of hydrogen-bond acceptors (Lipinski definition) is 5. The Bertz CT molecular complexity index is 1060. The average molecular weight is 455 g/mol. The molecule has 9 heteroatoms. The molecule has 0 saturated carbocycles. The van der Waals surface area contributed by atoms with Crippen LogP contribution < -0.4 is 16.0 Å². The number of carbonyl (C=O) groups is 3. The fourth-order valence-electron chi connectivity index (χ4n) is 2.64. The van der Waals surface area contributed by atoms with Crippen LogP contribution >= 0.6 is 0 Å². The summed E-state index contributed by atoms with van der Waals surface area (Å²) in [6.07, 6.45) is 0. The fraction of sp³-hybridized carbons (Fsp3) is 0.375. The predicted molar refractivity (Wildman–Crippen MR) is 128 cm³/mol. The summed E-state index contributed by atoms with van der Waals surface area (Å²) in [7, 11) is 0. The number of nitrogens with one attached hydrogen (secondary N) is 3. The minimum absolute atomic E-state index is 0.0791. The van der Waals surface area contributed by atoms with Gasteiger partial charge in [-0.3, -0.25) is 24.5 Å². The van der Waals surface area contributed by atoms with Gasteiger partial charge >= 0.3 is 0 Å². The first-order valence-corrected chi connectivity index (χ1v) is 10.4. The molecule has 176 valence electrons. The highest BCUT2D eigenvalue weighted by atomic mass is 16.6. The highest BCUT2D eigenvalue weighted by Crippen LogP contribution is 2.26. The Morgan fingerprint density at radius 2 is 1.27 bits per heavy atom. The molecule has 0 fully saturated rings. The minimum atomic E-state index is -0.664. The maximum Gasteiger partial charge on any atom is 0.269 e. The molecule has 2 rings (SSSR count). The van der Waals surface area contributed by atoms with Gasteiger partial charge in [0.15, 0.2) is 0 Å². The van der Waals surface area contributed by atoms with Gasteiger partial charge in [0.05, 0.1) is 4.92 Å². The molecule has 33 heavy (non-hydrogen) atoms. The lowest BCUT2D eigenvalue weighted by Gasteiger charge is -2.21. The van der Waals surface area contributed by atoms with Gasteiger partial charge < -0.3 is 16.0 Å². The molecule has 3 amide bonds. The topological polar surface area (TPSA) is 130 Å². The van der Waals surface area contributed by atoms with Crippen LogP contribution in [-0.2, 0) is 9.59 Å². The second kappa shape index (κ2) is 9.40. The summed E-state index contributed by atoms with van der Waals surface area (Å²) in [6.45, 7) is 12.2. The van der Waals surface area contributed by atoms with Crippen molar-refractivity contribution in [3.63, 3.8) is 0 Å². The fourth-order valence-corrected chi connectivity index (χ4v) is 2.64. The lowest BCUT2D eigenvalue weighted by molar-refractivity contribution is -0.384. The molecule has 0 aliphatic heterocycles. The Morgan fingerprint density at radius 3 is 1.67 bits per heavy atom. The number of nitro benzene ring substituents is 1. The van der Waals surface area contributed by atoms with Gasteiger partial charge in [-0.05, 0) is 36.8 Å². The van der Waals surface area contributed by atoms with E-state index < -0.39 is 21.7 Å². The Balaban J connectivity index is 2.40. The molecule has 0 heterocycles. The third-order valence-corrected chi connectivity index (χ3v) is 4.74. The molecule has 0 saturated heterocycles. The van der Waals surface area contributed by atoms with Crippen LogP contribution in [0.1, 0.15) is 57.5 Å². The van der Waals surface area contributed by atoms with Gasteiger partial charge in [-0.25, -0.2) is 0 Å². The van der Waals surface area contributed by atoms with Gasteiger partial charge in [-0.1, -0.05) is 41.5 Å². The highest BCUT2D eigenvalue weighted by molar-refractivity contribution is 6.07. The Morgan fingerprint density at radius 1 is 0.788 bits per heavy atom. The van der Waals surface area contributed by atoms with Crippen molar-refractivity contribution in [2.24, 2.45) is 10.8 Å². The Kier molecular flexibility index (Phi) is 7.26. The van der Waals surface area contributed by atoms with Crippen LogP contribution in [0.25, 0.3) is 0 Å². The molecule has 0 aliphatic rings. The van der Waals surface area contributed by atoms with E-state index in [0.717, 1.165) is 0 Å². The summed E-state index contributed by atoms with van der Waals surface area (Å²) >= 11 is 0. The van der Waals surface area contributed by atoms with Crippen molar-refractivity contribution in [1.82, 2.24) is 0 Å². The number of aryl methyl sites for hydroxylation is 1. The number of nitrogens with zero attached hydrogens (tertiary/aromatic N) is 1. The normalized spacial score (nSPS) is 11.5. The lowest BCUT2D eigenvalue weighted by atomic mass is 9.95. The first kappa shape index (κ1) is 25.5. The summed E-state index contributed by atoms with van der Waals surface area (Å²) < 4.78 is 0. The lowest BCUT2D eigenvalue weighted by Crippen LogP contribution is -2.29.